The van der Waals surface area contributed by atoms with Gasteiger partial charge in [0.2, 0.25) is 0 Å². The topological polar surface area (TPSA) is 38.9 Å². The molecule has 0 atom stereocenters. The zero-order chi connectivity index (χ0) is 14.8. The van der Waals surface area contributed by atoms with Gasteiger partial charge < -0.3 is 5.73 Å². The van der Waals surface area contributed by atoms with Crippen LogP contribution in [-0.2, 0) is 0 Å². The number of nitrogen functional groups attached to an aromatic ring is 1. The van der Waals surface area contributed by atoms with E-state index in [2.05, 4.69) is 24.3 Å². The van der Waals surface area contributed by atoms with Gasteiger partial charge in [-0.1, -0.05) is 54.6 Å². The minimum absolute atomic E-state index is 0.500. The molecule has 3 heteroatoms. The van der Waals surface area contributed by atoms with E-state index in [0.29, 0.717) is 7.18 Å². The first-order valence-electron chi connectivity index (χ1n) is 6.68. The van der Waals surface area contributed by atoms with Crippen molar-refractivity contribution in [2.45, 2.75) is 0 Å². The van der Waals surface area contributed by atoms with E-state index in [1.807, 2.05) is 36.4 Å². The SMILES string of the molecule is CF.Nc1c2ccccc2nc2c1ccc1ccccc12. The molecule has 0 unspecified atom stereocenters. The van der Waals surface area contributed by atoms with Gasteiger partial charge in [-0.05, 0) is 11.5 Å². The van der Waals surface area contributed by atoms with E-state index in [9.17, 15) is 4.39 Å². The van der Waals surface area contributed by atoms with Crippen LogP contribution in [0.3, 0.4) is 0 Å². The van der Waals surface area contributed by atoms with E-state index in [0.717, 1.165) is 32.9 Å². The normalized spacial score (nSPS) is 10.6. The fourth-order valence-corrected chi connectivity index (χ4v) is 2.66. The highest BCUT2D eigenvalue weighted by Crippen LogP contribution is 2.32. The number of halogens is 1. The summed E-state index contributed by atoms with van der Waals surface area (Å²) in [6.45, 7) is 0. The standard InChI is InChI=1S/C17H12N2.CH3F/c18-16-13-7-3-4-8-15(13)19-17-12-6-2-1-5-11(12)9-10-14(16)17;1-2/h1-10H,(H2,18,19);1H3. The molecular formula is C18H15FN2. The number of para-hydroxylation sites is 1. The van der Waals surface area contributed by atoms with Gasteiger partial charge in [0.15, 0.2) is 0 Å². The highest BCUT2D eigenvalue weighted by Gasteiger charge is 2.08. The largest absolute Gasteiger partial charge is 0.398 e. The van der Waals surface area contributed by atoms with Crippen LogP contribution in [0.4, 0.5) is 10.1 Å². The molecule has 1 aromatic heterocycles. The summed E-state index contributed by atoms with van der Waals surface area (Å²) in [6.07, 6.45) is 0. The lowest BCUT2D eigenvalue weighted by atomic mass is 10.0. The van der Waals surface area contributed by atoms with Gasteiger partial charge in [0.05, 0.1) is 23.9 Å². The number of hydrogen-bond donors (Lipinski definition) is 1. The van der Waals surface area contributed by atoms with Crippen LogP contribution in [0.5, 0.6) is 0 Å². The van der Waals surface area contributed by atoms with Crippen LogP contribution in [0.1, 0.15) is 0 Å². The van der Waals surface area contributed by atoms with Crippen molar-refractivity contribution in [3.05, 3.63) is 60.7 Å². The van der Waals surface area contributed by atoms with E-state index in [4.69, 9.17) is 10.7 Å². The first kappa shape index (κ1) is 13.3. The Morgan fingerprint density at radius 1 is 0.762 bits per heavy atom. The summed E-state index contributed by atoms with van der Waals surface area (Å²) >= 11 is 0. The Morgan fingerprint density at radius 2 is 1.43 bits per heavy atom. The monoisotopic (exact) mass is 278 g/mol. The van der Waals surface area contributed by atoms with Crippen molar-refractivity contribution in [2.75, 3.05) is 12.9 Å². The second-order valence-electron chi connectivity index (χ2n) is 4.73. The molecule has 4 aromatic rings. The van der Waals surface area contributed by atoms with Crippen LogP contribution in [0.15, 0.2) is 60.7 Å². The van der Waals surface area contributed by atoms with Crippen LogP contribution in [0.25, 0.3) is 32.6 Å². The van der Waals surface area contributed by atoms with E-state index >= 15 is 0 Å². The van der Waals surface area contributed by atoms with Crippen molar-refractivity contribution >= 4 is 38.3 Å². The van der Waals surface area contributed by atoms with E-state index in [-0.39, 0.29) is 0 Å². The fraction of sp³-hybridized carbons (Fsp3) is 0.0556. The number of benzene rings is 3. The summed E-state index contributed by atoms with van der Waals surface area (Å²) in [4.78, 5) is 4.79. The van der Waals surface area contributed by atoms with Crippen molar-refractivity contribution in [1.82, 2.24) is 4.98 Å². The molecule has 0 amide bonds. The minimum atomic E-state index is 0.500. The Hall–Kier alpha value is -2.68. The van der Waals surface area contributed by atoms with Crippen LogP contribution < -0.4 is 5.73 Å². The van der Waals surface area contributed by atoms with Crippen molar-refractivity contribution in [3.63, 3.8) is 0 Å². The van der Waals surface area contributed by atoms with Gasteiger partial charge in [0, 0.05) is 16.2 Å². The molecule has 21 heavy (non-hydrogen) atoms. The van der Waals surface area contributed by atoms with Gasteiger partial charge in [-0.3, -0.25) is 4.39 Å². The maximum atomic E-state index is 9.50. The summed E-state index contributed by atoms with van der Waals surface area (Å²) < 4.78 is 9.50. The Bertz CT molecular complexity index is 932. The quantitative estimate of drug-likeness (QED) is 0.374. The van der Waals surface area contributed by atoms with Crippen molar-refractivity contribution in [3.8, 4) is 0 Å². The molecule has 0 aliphatic heterocycles. The van der Waals surface area contributed by atoms with Crippen LogP contribution in [0.2, 0.25) is 0 Å². The van der Waals surface area contributed by atoms with Gasteiger partial charge in [-0.2, -0.15) is 0 Å². The van der Waals surface area contributed by atoms with Gasteiger partial charge >= 0.3 is 0 Å². The molecule has 0 aliphatic carbocycles. The third-order valence-corrected chi connectivity index (χ3v) is 3.62. The fourth-order valence-electron chi connectivity index (χ4n) is 2.66. The van der Waals surface area contributed by atoms with Gasteiger partial charge in [-0.15, -0.1) is 0 Å². The molecule has 1 heterocycles. The van der Waals surface area contributed by atoms with Crippen molar-refractivity contribution in [1.29, 1.82) is 0 Å². The molecule has 0 saturated heterocycles. The smallest absolute Gasteiger partial charge is 0.0808 e. The van der Waals surface area contributed by atoms with Crippen LogP contribution in [-0.4, -0.2) is 12.2 Å². The van der Waals surface area contributed by atoms with Gasteiger partial charge in [-0.25, -0.2) is 4.98 Å². The molecule has 0 aliphatic rings. The molecular weight excluding hydrogens is 263 g/mol. The van der Waals surface area contributed by atoms with Crippen LogP contribution in [0, 0.1) is 0 Å². The molecule has 0 spiro atoms. The number of aromatic nitrogens is 1. The van der Waals surface area contributed by atoms with Crippen molar-refractivity contribution < 1.29 is 4.39 Å². The molecule has 0 fully saturated rings. The average molecular weight is 278 g/mol. The molecule has 0 bridgehead atoms. The zero-order valence-electron chi connectivity index (χ0n) is 11.7. The Balaban J connectivity index is 0.000000636. The van der Waals surface area contributed by atoms with Gasteiger partial charge in [0.1, 0.15) is 0 Å². The molecule has 104 valence electrons. The number of anilines is 1. The number of pyridine rings is 1. The lowest BCUT2D eigenvalue weighted by Gasteiger charge is -2.08. The number of alkyl halides is 1. The summed E-state index contributed by atoms with van der Waals surface area (Å²) in [6, 6.07) is 20.4. The lowest BCUT2D eigenvalue weighted by molar-refractivity contribution is 0.636. The second kappa shape index (κ2) is 5.37. The molecule has 2 N–H and O–H groups in total. The number of hydrogen-bond acceptors (Lipinski definition) is 2. The molecule has 2 nitrogen and oxygen atoms in total. The van der Waals surface area contributed by atoms with Crippen LogP contribution >= 0.6 is 0 Å². The maximum absolute atomic E-state index is 9.50. The predicted molar refractivity (Wildman–Crippen MR) is 88.2 cm³/mol. The number of fused-ring (bicyclic) bond motifs is 4. The summed E-state index contributed by atoms with van der Waals surface area (Å²) in [5.41, 5.74) is 9.05. The second-order valence-corrected chi connectivity index (χ2v) is 4.73. The average Bonchev–Trinajstić information content (AvgIpc) is 2.57. The molecule has 3 aromatic carbocycles. The Labute approximate surface area is 122 Å². The third-order valence-electron chi connectivity index (χ3n) is 3.62. The molecule has 4 rings (SSSR count). The first-order valence-corrected chi connectivity index (χ1v) is 6.68. The molecule has 0 saturated carbocycles. The maximum Gasteiger partial charge on any atom is 0.0808 e. The highest BCUT2D eigenvalue weighted by atomic mass is 19.1. The third kappa shape index (κ3) is 2.07. The first-order chi connectivity index (χ1) is 10.3. The number of rotatable bonds is 0. The summed E-state index contributed by atoms with van der Waals surface area (Å²) in [5, 5.41) is 4.39. The highest BCUT2D eigenvalue weighted by molar-refractivity contribution is 6.15. The lowest BCUT2D eigenvalue weighted by Crippen LogP contribution is -1.93. The summed E-state index contributed by atoms with van der Waals surface area (Å²) in [5.74, 6) is 0. The Morgan fingerprint density at radius 3 is 2.24 bits per heavy atom. The van der Waals surface area contributed by atoms with E-state index in [1.165, 1.54) is 5.39 Å². The van der Waals surface area contributed by atoms with Crippen molar-refractivity contribution in [2.24, 2.45) is 0 Å². The van der Waals surface area contributed by atoms with E-state index in [1.54, 1.807) is 0 Å². The zero-order valence-corrected chi connectivity index (χ0v) is 11.7. The molecule has 0 radical (unpaired) electrons. The predicted octanol–water partition coefficient (Wildman–Crippen LogP) is 4.71. The Kier molecular flexibility index (Phi) is 3.40. The van der Waals surface area contributed by atoms with Gasteiger partial charge in [0.25, 0.3) is 0 Å². The number of nitrogens with zero attached hydrogens (tertiary/aromatic N) is 1. The van der Waals surface area contributed by atoms with E-state index < -0.39 is 0 Å². The summed E-state index contributed by atoms with van der Waals surface area (Å²) in [7, 11) is 0.500. The minimum Gasteiger partial charge on any atom is -0.398 e. The number of nitrogens with two attached hydrogens (primary N) is 1.